The SMILES string of the molecule is CC(C)Oc1ccc(NS(=O)(=O)CC(=O)NC2CCCN(S(C)(=O)=O)C2)cc1. The summed E-state index contributed by atoms with van der Waals surface area (Å²) in [5.74, 6) is -0.803. The van der Waals surface area contributed by atoms with Gasteiger partial charge in [0.25, 0.3) is 0 Å². The number of nitrogens with one attached hydrogen (secondary N) is 2. The van der Waals surface area contributed by atoms with Crippen LogP contribution in [0, 0.1) is 0 Å². The van der Waals surface area contributed by atoms with Gasteiger partial charge in [-0.1, -0.05) is 0 Å². The second kappa shape index (κ2) is 9.10. The zero-order valence-corrected chi connectivity index (χ0v) is 17.8. The van der Waals surface area contributed by atoms with E-state index in [0.29, 0.717) is 30.8 Å². The number of nitrogens with zero attached hydrogens (tertiary/aromatic N) is 1. The largest absolute Gasteiger partial charge is 0.491 e. The topological polar surface area (TPSA) is 122 Å². The standard InChI is InChI=1S/C17H27N3O6S2/c1-13(2)26-16-8-6-14(7-9-16)19-28(24,25)12-17(21)18-15-5-4-10-20(11-15)27(3,22)23/h6-9,13,15,19H,4-5,10-12H2,1-3H3,(H,18,21). The van der Waals surface area contributed by atoms with Gasteiger partial charge in [-0.3, -0.25) is 9.52 Å². The Hall–Kier alpha value is -1.85. The van der Waals surface area contributed by atoms with Gasteiger partial charge in [-0.05, 0) is 51.0 Å². The Balaban J connectivity index is 1.90. The van der Waals surface area contributed by atoms with E-state index >= 15 is 0 Å². The molecule has 2 rings (SSSR count). The minimum Gasteiger partial charge on any atom is -0.491 e. The van der Waals surface area contributed by atoms with E-state index in [-0.39, 0.29) is 12.6 Å². The number of carbonyl (C=O) groups excluding carboxylic acids is 1. The first-order chi connectivity index (χ1) is 12.9. The van der Waals surface area contributed by atoms with E-state index in [9.17, 15) is 21.6 Å². The van der Waals surface area contributed by atoms with Crippen LogP contribution in [0.25, 0.3) is 0 Å². The van der Waals surface area contributed by atoms with Gasteiger partial charge in [0.15, 0.2) is 0 Å². The molecule has 1 aliphatic rings. The van der Waals surface area contributed by atoms with Crippen LogP contribution in [0.3, 0.4) is 0 Å². The lowest BCUT2D eigenvalue weighted by Crippen LogP contribution is -2.50. The first-order valence-electron chi connectivity index (χ1n) is 8.96. The van der Waals surface area contributed by atoms with Gasteiger partial charge < -0.3 is 10.1 Å². The number of ether oxygens (including phenoxy) is 1. The van der Waals surface area contributed by atoms with Crippen LogP contribution in [-0.4, -0.2) is 64.3 Å². The molecule has 1 saturated heterocycles. The minimum absolute atomic E-state index is 0.00430. The summed E-state index contributed by atoms with van der Waals surface area (Å²) >= 11 is 0. The first kappa shape index (κ1) is 22.4. The fourth-order valence-electron chi connectivity index (χ4n) is 2.89. The Morgan fingerprint density at radius 1 is 1.21 bits per heavy atom. The van der Waals surface area contributed by atoms with Gasteiger partial charge in [-0.15, -0.1) is 0 Å². The van der Waals surface area contributed by atoms with Crippen LogP contribution in [0.4, 0.5) is 5.69 Å². The van der Waals surface area contributed by atoms with E-state index in [1.54, 1.807) is 24.3 Å². The monoisotopic (exact) mass is 433 g/mol. The maximum Gasteiger partial charge on any atom is 0.241 e. The number of amides is 1. The minimum atomic E-state index is -3.90. The molecule has 1 aromatic carbocycles. The smallest absolute Gasteiger partial charge is 0.241 e. The fourth-order valence-corrected chi connectivity index (χ4v) is 4.80. The maximum absolute atomic E-state index is 12.2. The molecular weight excluding hydrogens is 406 g/mol. The van der Waals surface area contributed by atoms with Crippen molar-refractivity contribution in [1.29, 1.82) is 0 Å². The van der Waals surface area contributed by atoms with Gasteiger partial charge in [-0.25, -0.2) is 21.1 Å². The van der Waals surface area contributed by atoms with Crippen molar-refractivity contribution in [2.24, 2.45) is 0 Å². The van der Waals surface area contributed by atoms with Gasteiger partial charge in [0, 0.05) is 24.8 Å². The number of hydrogen-bond acceptors (Lipinski definition) is 6. The number of anilines is 1. The van der Waals surface area contributed by atoms with Gasteiger partial charge in [-0.2, -0.15) is 0 Å². The number of carbonyl (C=O) groups is 1. The maximum atomic E-state index is 12.2. The van der Waals surface area contributed by atoms with Crippen molar-refractivity contribution in [3.8, 4) is 5.75 Å². The average Bonchev–Trinajstić information content (AvgIpc) is 2.54. The average molecular weight is 434 g/mol. The highest BCUT2D eigenvalue weighted by atomic mass is 32.2. The summed E-state index contributed by atoms with van der Waals surface area (Å²) in [5.41, 5.74) is 0.324. The molecule has 1 aromatic rings. The van der Waals surface area contributed by atoms with Crippen molar-refractivity contribution in [3.05, 3.63) is 24.3 Å². The van der Waals surface area contributed by atoms with Crippen molar-refractivity contribution < 1.29 is 26.4 Å². The molecule has 9 nitrogen and oxygen atoms in total. The van der Waals surface area contributed by atoms with Gasteiger partial charge >= 0.3 is 0 Å². The zero-order valence-electron chi connectivity index (χ0n) is 16.2. The quantitative estimate of drug-likeness (QED) is 0.624. The lowest BCUT2D eigenvalue weighted by Gasteiger charge is -2.31. The number of hydrogen-bond donors (Lipinski definition) is 2. The molecule has 0 aromatic heterocycles. The first-order valence-corrected chi connectivity index (χ1v) is 12.5. The molecule has 1 unspecified atom stereocenters. The van der Waals surface area contributed by atoms with Crippen LogP contribution in [-0.2, 0) is 24.8 Å². The summed E-state index contributed by atoms with van der Waals surface area (Å²) in [5, 5.41) is 2.61. The number of benzene rings is 1. The van der Waals surface area contributed by atoms with E-state index < -0.39 is 37.7 Å². The molecule has 0 aliphatic carbocycles. The molecule has 0 bridgehead atoms. The van der Waals surface area contributed by atoms with Gasteiger partial charge in [0.1, 0.15) is 11.5 Å². The lowest BCUT2D eigenvalue weighted by atomic mass is 10.1. The molecule has 1 atom stereocenters. The summed E-state index contributed by atoms with van der Waals surface area (Å²) in [4.78, 5) is 12.1. The molecular formula is C17H27N3O6S2. The third kappa shape index (κ3) is 7.28. The van der Waals surface area contributed by atoms with Crippen molar-refractivity contribution in [3.63, 3.8) is 0 Å². The molecule has 2 N–H and O–H groups in total. The van der Waals surface area contributed by atoms with Crippen LogP contribution in [0.15, 0.2) is 24.3 Å². The Bertz CT molecular complexity index is 882. The van der Waals surface area contributed by atoms with Crippen LogP contribution in [0.1, 0.15) is 26.7 Å². The van der Waals surface area contributed by atoms with Crippen LogP contribution in [0.2, 0.25) is 0 Å². The summed E-state index contributed by atoms with van der Waals surface area (Å²) < 4.78 is 56.8. The molecule has 1 amide bonds. The van der Waals surface area contributed by atoms with Crippen molar-refractivity contribution in [2.45, 2.75) is 38.8 Å². The molecule has 1 heterocycles. The van der Waals surface area contributed by atoms with Crippen LogP contribution in [0.5, 0.6) is 5.75 Å². The Morgan fingerprint density at radius 3 is 2.43 bits per heavy atom. The molecule has 0 spiro atoms. The number of piperidine rings is 1. The van der Waals surface area contributed by atoms with Crippen molar-refractivity contribution in [1.82, 2.24) is 9.62 Å². The van der Waals surface area contributed by atoms with E-state index in [2.05, 4.69) is 10.0 Å². The zero-order chi connectivity index (χ0) is 20.9. The normalized spacial score (nSPS) is 18.6. The number of sulfonamides is 2. The predicted molar refractivity (Wildman–Crippen MR) is 107 cm³/mol. The second-order valence-corrected chi connectivity index (χ2v) is 10.8. The molecule has 1 fully saturated rings. The van der Waals surface area contributed by atoms with Crippen molar-refractivity contribution >= 4 is 31.6 Å². The number of rotatable bonds is 8. The summed E-state index contributed by atoms with van der Waals surface area (Å²) in [7, 11) is -7.24. The van der Waals surface area contributed by atoms with E-state index in [4.69, 9.17) is 4.74 Å². The Morgan fingerprint density at radius 2 is 1.86 bits per heavy atom. The van der Waals surface area contributed by atoms with Crippen LogP contribution >= 0.6 is 0 Å². The van der Waals surface area contributed by atoms with E-state index in [1.807, 2.05) is 13.8 Å². The van der Waals surface area contributed by atoms with Gasteiger partial charge in [0.2, 0.25) is 26.0 Å². The fraction of sp³-hybridized carbons (Fsp3) is 0.588. The molecule has 28 heavy (non-hydrogen) atoms. The Labute approximate surface area is 166 Å². The summed E-state index contributed by atoms with van der Waals surface area (Å²) in [6, 6.07) is 5.98. The van der Waals surface area contributed by atoms with Gasteiger partial charge in [0.05, 0.1) is 12.4 Å². The molecule has 158 valence electrons. The molecule has 1 aliphatic heterocycles. The highest BCUT2D eigenvalue weighted by Crippen LogP contribution is 2.18. The Kier molecular flexibility index (Phi) is 7.29. The highest BCUT2D eigenvalue weighted by molar-refractivity contribution is 7.93. The molecule has 0 radical (unpaired) electrons. The summed E-state index contributed by atoms with van der Waals surface area (Å²) in [6.07, 6.45) is 2.32. The van der Waals surface area contributed by atoms with Crippen molar-refractivity contribution in [2.75, 3.05) is 29.8 Å². The van der Waals surface area contributed by atoms with Crippen LogP contribution < -0.4 is 14.8 Å². The lowest BCUT2D eigenvalue weighted by molar-refractivity contribution is -0.119. The second-order valence-electron chi connectivity index (χ2n) is 7.08. The molecule has 11 heteroatoms. The van der Waals surface area contributed by atoms with E-state index in [1.165, 1.54) is 4.31 Å². The summed E-state index contributed by atoms with van der Waals surface area (Å²) in [6.45, 7) is 4.32. The molecule has 0 saturated carbocycles. The predicted octanol–water partition coefficient (Wildman–Crippen LogP) is 0.756. The third-order valence-corrected chi connectivity index (χ3v) is 6.50. The van der Waals surface area contributed by atoms with E-state index in [0.717, 1.165) is 6.26 Å². The highest BCUT2D eigenvalue weighted by Gasteiger charge is 2.28. The third-order valence-electron chi connectivity index (χ3n) is 4.04.